The van der Waals surface area contributed by atoms with Gasteiger partial charge in [0.2, 0.25) is 0 Å². The van der Waals surface area contributed by atoms with Gasteiger partial charge in [-0.1, -0.05) is 13.8 Å². The molecule has 2 rings (SSSR count). The normalized spacial score (nSPS) is 20.1. The van der Waals surface area contributed by atoms with E-state index in [-0.39, 0.29) is 11.8 Å². The van der Waals surface area contributed by atoms with Crippen molar-refractivity contribution < 1.29 is 9.53 Å². The number of rotatable bonds is 2. The maximum absolute atomic E-state index is 11.8. The third kappa shape index (κ3) is 2.78. The number of carbonyl (C=O) groups is 1. The molecule has 0 amide bonds. The highest BCUT2D eigenvalue weighted by Gasteiger charge is 2.29. The summed E-state index contributed by atoms with van der Waals surface area (Å²) in [6.07, 6.45) is 5.45. The predicted molar refractivity (Wildman–Crippen MR) is 64.5 cm³/mol. The maximum Gasteiger partial charge on any atom is 0.358 e. The summed E-state index contributed by atoms with van der Waals surface area (Å²) in [5.74, 6) is -0.398. The van der Waals surface area contributed by atoms with Crippen molar-refractivity contribution in [3.05, 3.63) is 11.9 Å². The van der Waals surface area contributed by atoms with Gasteiger partial charge in [0, 0.05) is 0 Å². The maximum atomic E-state index is 11.8. The predicted octanol–water partition coefficient (Wildman–Crippen LogP) is 2.12. The third-order valence-electron chi connectivity index (χ3n) is 3.43. The lowest BCUT2D eigenvalue weighted by molar-refractivity contribution is 0.00902. The van der Waals surface area contributed by atoms with Crippen LogP contribution in [0.2, 0.25) is 0 Å². The van der Waals surface area contributed by atoms with Gasteiger partial charge in [0.25, 0.3) is 0 Å². The van der Waals surface area contributed by atoms with E-state index >= 15 is 0 Å². The van der Waals surface area contributed by atoms with E-state index in [4.69, 9.17) is 10.5 Å². The van der Waals surface area contributed by atoms with E-state index in [1.165, 1.54) is 6.20 Å². The first-order valence-corrected chi connectivity index (χ1v) is 5.98. The Bertz CT molecular complexity index is 402. The van der Waals surface area contributed by atoms with Crippen LogP contribution in [0.1, 0.15) is 50.0 Å². The van der Waals surface area contributed by atoms with Crippen LogP contribution in [0.3, 0.4) is 0 Å². The Morgan fingerprint density at radius 3 is 2.71 bits per heavy atom. The average Bonchev–Trinajstić information content (AvgIpc) is 2.68. The van der Waals surface area contributed by atoms with Crippen LogP contribution in [0.15, 0.2) is 6.20 Å². The first-order chi connectivity index (χ1) is 7.98. The highest BCUT2D eigenvalue weighted by atomic mass is 16.5. The molecule has 0 bridgehead atoms. The standard InChI is InChI=1S/C12H19N3O2/c1-12(2)5-3-8(4-6-12)17-11(16)10-9(13)7-14-15-10/h7-8H,3-6,13H2,1-2H3,(H,14,15). The van der Waals surface area contributed by atoms with Gasteiger partial charge in [0.15, 0.2) is 5.69 Å². The van der Waals surface area contributed by atoms with Crippen molar-refractivity contribution in [3.63, 3.8) is 0 Å². The summed E-state index contributed by atoms with van der Waals surface area (Å²) in [6, 6.07) is 0. The minimum atomic E-state index is -0.398. The SMILES string of the molecule is CC1(C)CCC(OC(=O)c2[nH]ncc2N)CC1. The smallest absolute Gasteiger partial charge is 0.358 e. The summed E-state index contributed by atoms with van der Waals surface area (Å²) < 4.78 is 5.42. The van der Waals surface area contributed by atoms with Gasteiger partial charge in [-0.3, -0.25) is 5.10 Å². The van der Waals surface area contributed by atoms with Crippen LogP contribution in [0.4, 0.5) is 5.69 Å². The second-order valence-corrected chi connectivity index (χ2v) is 5.47. The molecule has 17 heavy (non-hydrogen) atoms. The molecule has 94 valence electrons. The minimum absolute atomic E-state index is 0.0122. The van der Waals surface area contributed by atoms with Gasteiger partial charge in [-0.15, -0.1) is 0 Å². The van der Waals surface area contributed by atoms with Crippen LogP contribution in [0.5, 0.6) is 0 Å². The lowest BCUT2D eigenvalue weighted by Gasteiger charge is -2.33. The highest BCUT2D eigenvalue weighted by molar-refractivity contribution is 5.92. The molecule has 1 aromatic heterocycles. The first-order valence-electron chi connectivity index (χ1n) is 5.98. The number of nitrogen functional groups attached to an aromatic ring is 1. The third-order valence-corrected chi connectivity index (χ3v) is 3.43. The first kappa shape index (κ1) is 12.0. The van der Waals surface area contributed by atoms with Crippen LogP contribution in [-0.2, 0) is 4.74 Å². The number of nitrogens with one attached hydrogen (secondary N) is 1. The summed E-state index contributed by atoms with van der Waals surface area (Å²) in [5, 5.41) is 6.27. The van der Waals surface area contributed by atoms with Crippen LogP contribution in [0.25, 0.3) is 0 Å². The summed E-state index contributed by atoms with van der Waals surface area (Å²) in [7, 11) is 0. The van der Waals surface area contributed by atoms with Crippen molar-refractivity contribution in [1.29, 1.82) is 0 Å². The molecule has 1 aliphatic rings. The molecular weight excluding hydrogens is 218 g/mol. The molecule has 1 aliphatic carbocycles. The fraction of sp³-hybridized carbons (Fsp3) is 0.667. The zero-order valence-corrected chi connectivity index (χ0v) is 10.3. The molecule has 0 radical (unpaired) electrons. The Morgan fingerprint density at radius 2 is 2.18 bits per heavy atom. The number of nitrogens with two attached hydrogens (primary N) is 1. The molecule has 0 spiro atoms. The Morgan fingerprint density at radius 1 is 1.53 bits per heavy atom. The van der Waals surface area contributed by atoms with Crippen LogP contribution in [-0.4, -0.2) is 22.3 Å². The van der Waals surface area contributed by atoms with Crippen molar-refractivity contribution >= 4 is 11.7 Å². The minimum Gasteiger partial charge on any atom is -0.458 e. The van der Waals surface area contributed by atoms with Gasteiger partial charge in [-0.05, 0) is 31.1 Å². The number of H-pyrrole nitrogens is 1. The van der Waals surface area contributed by atoms with Crippen molar-refractivity contribution in [3.8, 4) is 0 Å². The van der Waals surface area contributed by atoms with E-state index in [1.54, 1.807) is 0 Å². The average molecular weight is 237 g/mol. The summed E-state index contributed by atoms with van der Waals surface area (Å²) in [4.78, 5) is 11.8. The monoisotopic (exact) mass is 237 g/mol. The van der Waals surface area contributed by atoms with Crippen molar-refractivity contribution in [2.45, 2.75) is 45.6 Å². The number of nitrogens with zero attached hydrogens (tertiary/aromatic N) is 1. The second-order valence-electron chi connectivity index (χ2n) is 5.47. The Kier molecular flexibility index (Phi) is 3.09. The van der Waals surface area contributed by atoms with Gasteiger partial charge in [-0.25, -0.2) is 4.79 Å². The molecule has 0 unspecified atom stereocenters. The molecule has 1 fully saturated rings. The van der Waals surface area contributed by atoms with Crippen molar-refractivity contribution in [1.82, 2.24) is 10.2 Å². The quantitative estimate of drug-likeness (QED) is 0.772. The molecule has 1 aromatic rings. The van der Waals surface area contributed by atoms with E-state index < -0.39 is 5.97 Å². The number of ether oxygens (including phenoxy) is 1. The number of carbonyl (C=O) groups excluding carboxylic acids is 1. The fourth-order valence-electron chi connectivity index (χ4n) is 2.16. The van der Waals surface area contributed by atoms with Crippen LogP contribution in [0, 0.1) is 5.41 Å². The van der Waals surface area contributed by atoms with E-state index in [1.807, 2.05) is 0 Å². The number of hydrogen-bond acceptors (Lipinski definition) is 4. The molecule has 0 atom stereocenters. The topological polar surface area (TPSA) is 81.0 Å². The molecule has 5 heteroatoms. The van der Waals surface area contributed by atoms with E-state index in [0.29, 0.717) is 11.1 Å². The lowest BCUT2D eigenvalue weighted by Crippen LogP contribution is -2.28. The Balaban J connectivity index is 1.91. The number of aromatic amines is 1. The molecule has 0 aromatic carbocycles. The van der Waals surface area contributed by atoms with Crippen molar-refractivity contribution in [2.75, 3.05) is 5.73 Å². The molecular formula is C12H19N3O2. The molecule has 1 saturated carbocycles. The highest BCUT2D eigenvalue weighted by Crippen LogP contribution is 2.36. The number of aromatic nitrogens is 2. The van der Waals surface area contributed by atoms with Gasteiger partial charge < -0.3 is 10.5 Å². The van der Waals surface area contributed by atoms with E-state index in [0.717, 1.165) is 25.7 Å². The summed E-state index contributed by atoms with van der Waals surface area (Å²) in [6.45, 7) is 4.50. The van der Waals surface area contributed by atoms with Crippen LogP contribution < -0.4 is 5.73 Å². The molecule has 0 aliphatic heterocycles. The Hall–Kier alpha value is -1.52. The lowest BCUT2D eigenvalue weighted by atomic mass is 9.76. The largest absolute Gasteiger partial charge is 0.458 e. The molecule has 0 saturated heterocycles. The summed E-state index contributed by atoms with van der Waals surface area (Å²) in [5.41, 5.74) is 6.56. The van der Waals surface area contributed by atoms with Gasteiger partial charge >= 0.3 is 5.97 Å². The number of hydrogen-bond donors (Lipinski definition) is 2. The van der Waals surface area contributed by atoms with Crippen molar-refractivity contribution in [2.24, 2.45) is 5.41 Å². The van der Waals surface area contributed by atoms with Gasteiger partial charge in [-0.2, -0.15) is 5.10 Å². The zero-order chi connectivity index (χ0) is 12.5. The molecule has 3 N–H and O–H groups in total. The number of anilines is 1. The molecule has 5 nitrogen and oxygen atoms in total. The summed E-state index contributed by atoms with van der Waals surface area (Å²) >= 11 is 0. The zero-order valence-electron chi connectivity index (χ0n) is 10.3. The fourth-order valence-corrected chi connectivity index (χ4v) is 2.16. The second kappa shape index (κ2) is 4.39. The Labute approximate surface area is 101 Å². The van der Waals surface area contributed by atoms with E-state index in [2.05, 4.69) is 24.0 Å². The van der Waals surface area contributed by atoms with Gasteiger partial charge in [0.1, 0.15) is 6.10 Å². The van der Waals surface area contributed by atoms with Gasteiger partial charge in [0.05, 0.1) is 11.9 Å². The van der Waals surface area contributed by atoms with Crippen LogP contribution >= 0.6 is 0 Å². The van der Waals surface area contributed by atoms with E-state index in [9.17, 15) is 4.79 Å². The number of esters is 1. The molecule has 1 heterocycles.